The Labute approximate surface area is 117 Å². The van der Waals surface area contributed by atoms with E-state index in [4.69, 9.17) is 10.5 Å². The molecule has 2 aromatic rings. The fraction of sp³-hybridized carbons (Fsp3) is 0.267. The number of nitrogens with two attached hydrogens (primary N) is 1. The van der Waals surface area contributed by atoms with Gasteiger partial charge in [0.05, 0.1) is 5.56 Å². The lowest BCUT2D eigenvalue weighted by molar-refractivity contribution is 0.0478. The molecular formula is C15H17NO2S. The summed E-state index contributed by atoms with van der Waals surface area (Å²) in [6, 6.07) is 9.42. The number of esters is 1. The fourth-order valence-corrected chi connectivity index (χ4v) is 2.62. The molecule has 1 heterocycles. The van der Waals surface area contributed by atoms with Crippen molar-refractivity contribution >= 4 is 23.0 Å². The summed E-state index contributed by atoms with van der Waals surface area (Å²) in [5, 5.41) is 0. The van der Waals surface area contributed by atoms with Crippen molar-refractivity contribution in [2.75, 3.05) is 5.73 Å². The van der Waals surface area contributed by atoms with Crippen LogP contribution in [0, 0.1) is 6.92 Å². The molecule has 0 amide bonds. The Hall–Kier alpha value is -1.81. The van der Waals surface area contributed by atoms with Gasteiger partial charge in [-0.05, 0) is 37.6 Å². The molecule has 0 aliphatic carbocycles. The number of hydrogen-bond acceptors (Lipinski definition) is 4. The Bertz CT molecular complexity index is 590. The van der Waals surface area contributed by atoms with E-state index in [-0.39, 0.29) is 5.97 Å². The zero-order valence-electron chi connectivity index (χ0n) is 11.1. The van der Waals surface area contributed by atoms with E-state index in [2.05, 4.69) is 13.0 Å². The molecule has 0 atom stereocenters. The van der Waals surface area contributed by atoms with E-state index >= 15 is 0 Å². The first-order chi connectivity index (χ1) is 9.10. The second-order valence-corrected chi connectivity index (χ2v) is 5.64. The Balaban J connectivity index is 2.03. The van der Waals surface area contributed by atoms with Crippen molar-refractivity contribution in [3.05, 3.63) is 51.2 Å². The van der Waals surface area contributed by atoms with Crippen molar-refractivity contribution in [1.29, 1.82) is 0 Å². The van der Waals surface area contributed by atoms with Crippen molar-refractivity contribution < 1.29 is 9.53 Å². The third-order valence-corrected chi connectivity index (χ3v) is 4.04. The lowest BCUT2D eigenvalue weighted by Crippen LogP contribution is -2.08. The molecular weight excluding hydrogens is 258 g/mol. The summed E-state index contributed by atoms with van der Waals surface area (Å²) in [5.41, 5.74) is 7.67. The van der Waals surface area contributed by atoms with Gasteiger partial charge < -0.3 is 10.5 Å². The second kappa shape index (κ2) is 5.89. The highest BCUT2D eigenvalue weighted by atomic mass is 32.1. The predicted molar refractivity (Wildman–Crippen MR) is 78.4 cm³/mol. The molecule has 0 saturated heterocycles. The minimum absolute atomic E-state index is 0.302. The quantitative estimate of drug-likeness (QED) is 0.685. The maximum absolute atomic E-state index is 12.0. The van der Waals surface area contributed by atoms with Crippen LogP contribution in [0.2, 0.25) is 0 Å². The highest BCUT2D eigenvalue weighted by molar-refractivity contribution is 7.11. The molecule has 0 spiro atoms. The molecule has 3 nitrogen and oxygen atoms in total. The molecule has 0 saturated carbocycles. The number of aryl methyl sites for hydroxylation is 2. The summed E-state index contributed by atoms with van der Waals surface area (Å²) >= 11 is 1.67. The van der Waals surface area contributed by atoms with Crippen molar-refractivity contribution in [1.82, 2.24) is 0 Å². The first-order valence-electron chi connectivity index (χ1n) is 6.21. The predicted octanol–water partition coefficient (Wildman–Crippen LogP) is 3.56. The van der Waals surface area contributed by atoms with E-state index in [0.717, 1.165) is 16.9 Å². The summed E-state index contributed by atoms with van der Waals surface area (Å²) in [4.78, 5) is 14.3. The lowest BCUT2D eigenvalue weighted by Gasteiger charge is -2.06. The smallest absolute Gasteiger partial charge is 0.340 e. The molecule has 19 heavy (non-hydrogen) atoms. The average Bonchev–Trinajstić information content (AvgIpc) is 2.87. The first-order valence-corrected chi connectivity index (χ1v) is 7.02. The van der Waals surface area contributed by atoms with Crippen molar-refractivity contribution in [2.45, 2.75) is 26.9 Å². The Morgan fingerprint density at radius 2 is 2.00 bits per heavy atom. The normalized spacial score (nSPS) is 10.4. The number of nitrogen functional groups attached to an aromatic ring is 1. The summed E-state index contributed by atoms with van der Waals surface area (Å²) in [6.07, 6.45) is 1.00. The van der Waals surface area contributed by atoms with Crippen molar-refractivity contribution in [3.63, 3.8) is 0 Å². The monoisotopic (exact) mass is 275 g/mol. The van der Waals surface area contributed by atoms with Crippen LogP contribution in [0.25, 0.3) is 0 Å². The number of thiophene rings is 1. The van der Waals surface area contributed by atoms with E-state index in [9.17, 15) is 4.79 Å². The van der Waals surface area contributed by atoms with Crippen molar-refractivity contribution in [2.24, 2.45) is 0 Å². The van der Waals surface area contributed by atoms with Crippen LogP contribution in [0.15, 0.2) is 30.3 Å². The largest absolute Gasteiger partial charge is 0.456 e. The molecule has 0 aliphatic heterocycles. The van der Waals surface area contributed by atoms with Gasteiger partial charge in [0.1, 0.15) is 6.61 Å². The molecule has 1 aromatic heterocycles. The van der Waals surface area contributed by atoms with E-state index in [1.165, 1.54) is 4.88 Å². The summed E-state index contributed by atoms with van der Waals surface area (Å²) in [7, 11) is 0. The van der Waals surface area contributed by atoms with Crippen LogP contribution in [0.5, 0.6) is 0 Å². The molecule has 100 valence electrons. The molecule has 2 N–H and O–H groups in total. The van der Waals surface area contributed by atoms with Crippen LogP contribution >= 0.6 is 11.3 Å². The van der Waals surface area contributed by atoms with Crippen LogP contribution in [-0.4, -0.2) is 5.97 Å². The Morgan fingerprint density at radius 3 is 2.68 bits per heavy atom. The Morgan fingerprint density at radius 1 is 1.26 bits per heavy atom. The molecule has 0 unspecified atom stereocenters. The molecule has 2 rings (SSSR count). The van der Waals surface area contributed by atoms with E-state index in [1.54, 1.807) is 23.5 Å². The molecule has 0 radical (unpaired) electrons. The van der Waals surface area contributed by atoms with Gasteiger partial charge in [-0.3, -0.25) is 0 Å². The van der Waals surface area contributed by atoms with Gasteiger partial charge in [-0.25, -0.2) is 4.79 Å². The summed E-state index contributed by atoms with van der Waals surface area (Å²) in [5.74, 6) is -0.368. The topological polar surface area (TPSA) is 52.3 Å². The van der Waals surface area contributed by atoms with Crippen LogP contribution < -0.4 is 5.73 Å². The highest BCUT2D eigenvalue weighted by Crippen LogP contribution is 2.20. The van der Waals surface area contributed by atoms with Crippen LogP contribution in [0.1, 0.15) is 32.6 Å². The molecule has 4 heteroatoms. The number of anilines is 1. The SMILES string of the molecule is CCc1ccc(COC(=O)c2cc(C)ccc2N)s1. The summed E-state index contributed by atoms with van der Waals surface area (Å²) in [6.45, 7) is 4.33. The number of ether oxygens (including phenoxy) is 1. The second-order valence-electron chi connectivity index (χ2n) is 4.39. The maximum Gasteiger partial charge on any atom is 0.340 e. The van der Waals surface area contributed by atoms with Gasteiger partial charge in [0, 0.05) is 15.4 Å². The van der Waals surface area contributed by atoms with Crippen LogP contribution in [0.4, 0.5) is 5.69 Å². The van der Waals surface area contributed by atoms with E-state index in [0.29, 0.717) is 17.9 Å². The van der Waals surface area contributed by atoms with Gasteiger partial charge in [-0.1, -0.05) is 18.6 Å². The molecule has 0 aliphatic rings. The fourth-order valence-electron chi connectivity index (χ4n) is 1.75. The van der Waals surface area contributed by atoms with Gasteiger partial charge in [-0.2, -0.15) is 0 Å². The van der Waals surface area contributed by atoms with Gasteiger partial charge in [0.2, 0.25) is 0 Å². The molecule has 0 bridgehead atoms. The number of carbonyl (C=O) groups is 1. The van der Waals surface area contributed by atoms with E-state index in [1.807, 2.05) is 19.1 Å². The molecule has 0 fully saturated rings. The highest BCUT2D eigenvalue weighted by Gasteiger charge is 2.12. The minimum Gasteiger partial charge on any atom is -0.456 e. The summed E-state index contributed by atoms with van der Waals surface area (Å²) < 4.78 is 5.30. The van der Waals surface area contributed by atoms with Gasteiger partial charge in [0.15, 0.2) is 0 Å². The zero-order valence-corrected chi connectivity index (χ0v) is 11.9. The number of hydrogen-bond donors (Lipinski definition) is 1. The third-order valence-electron chi connectivity index (χ3n) is 2.84. The van der Waals surface area contributed by atoms with Crippen molar-refractivity contribution in [3.8, 4) is 0 Å². The maximum atomic E-state index is 12.0. The first kappa shape index (κ1) is 13.6. The van der Waals surface area contributed by atoms with Crippen LogP contribution in [-0.2, 0) is 17.8 Å². The number of rotatable bonds is 4. The standard InChI is InChI=1S/C15H17NO2S/c1-3-11-5-6-12(19-11)9-18-15(17)13-8-10(2)4-7-14(13)16/h4-8H,3,9,16H2,1-2H3. The zero-order chi connectivity index (χ0) is 13.8. The molecule has 1 aromatic carbocycles. The average molecular weight is 275 g/mol. The van der Waals surface area contributed by atoms with Gasteiger partial charge >= 0.3 is 5.97 Å². The Kier molecular flexibility index (Phi) is 4.22. The third kappa shape index (κ3) is 3.35. The number of benzene rings is 1. The lowest BCUT2D eigenvalue weighted by atomic mass is 10.1. The minimum atomic E-state index is -0.368. The van der Waals surface area contributed by atoms with Crippen LogP contribution in [0.3, 0.4) is 0 Å². The van der Waals surface area contributed by atoms with Gasteiger partial charge in [0.25, 0.3) is 0 Å². The van der Waals surface area contributed by atoms with Gasteiger partial charge in [-0.15, -0.1) is 11.3 Å². The number of carbonyl (C=O) groups excluding carboxylic acids is 1. The van der Waals surface area contributed by atoms with E-state index < -0.39 is 0 Å².